The first-order chi connectivity index (χ1) is 10.1. The van der Waals surface area contributed by atoms with E-state index >= 15 is 0 Å². The topological polar surface area (TPSA) is 68.5 Å². The SMILES string of the molecule is CCOC(=O)Nc1cccc(Cn2ccc(N=S)n2)c1F. The summed E-state index contributed by atoms with van der Waals surface area (Å²) >= 11 is 4.53. The lowest BCUT2D eigenvalue weighted by Crippen LogP contribution is -2.15. The molecular weight excluding hydrogens is 295 g/mol. The number of nitrogens with one attached hydrogen (secondary N) is 1. The predicted molar refractivity (Wildman–Crippen MR) is 77.8 cm³/mol. The zero-order valence-corrected chi connectivity index (χ0v) is 12.1. The molecule has 0 fully saturated rings. The number of aromatic nitrogens is 2. The number of carbonyl (C=O) groups excluding carboxylic acids is 1. The van der Waals surface area contributed by atoms with Crippen LogP contribution in [0.2, 0.25) is 0 Å². The minimum atomic E-state index is -0.695. The van der Waals surface area contributed by atoms with Gasteiger partial charge in [-0.25, -0.2) is 9.18 Å². The number of anilines is 1. The Bertz CT molecular complexity index is 659. The van der Waals surface area contributed by atoms with E-state index in [0.29, 0.717) is 11.4 Å². The fourth-order valence-electron chi connectivity index (χ4n) is 1.74. The molecule has 110 valence electrons. The average Bonchev–Trinajstić information content (AvgIpc) is 2.91. The number of hydrogen-bond donors (Lipinski definition) is 1. The van der Waals surface area contributed by atoms with Gasteiger partial charge in [0.25, 0.3) is 0 Å². The zero-order valence-electron chi connectivity index (χ0n) is 11.2. The van der Waals surface area contributed by atoms with E-state index in [2.05, 4.69) is 27.2 Å². The molecule has 0 saturated carbocycles. The molecule has 1 aromatic carbocycles. The standard InChI is InChI=1S/C13H13FN4O2S/c1-2-20-13(19)15-10-5-3-4-9(12(10)14)8-18-7-6-11(16-18)17-21/h3-7H,2,8H2,1H3,(H,15,19). The smallest absolute Gasteiger partial charge is 0.411 e. The first-order valence-electron chi connectivity index (χ1n) is 6.22. The minimum absolute atomic E-state index is 0.0614. The third-order valence-corrected chi connectivity index (χ3v) is 2.83. The summed E-state index contributed by atoms with van der Waals surface area (Å²) in [5.41, 5.74) is 0.439. The monoisotopic (exact) mass is 308 g/mol. The molecule has 1 aromatic heterocycles. The van der Waals surface area contributed by atoms with Crippen LogP contribution < -0.4 is 5.32 Å². The lowest BCUT2D eigenvalue weighted by Gasteiger charge is -2.09. The number of hydrogen-bond acceptors (Lipinski definition) is 5. The van der Waals surface area contributed by atoms with Gasteiger partial charge in [0, 0.05) is 30.3 Å². The summed E-state index contributed by atoms with van der Waals surface area (Å²) in [6.07, 6.45) is 0.954. The van der Waals surface area contributed by atoms with Crippen molar-refractivity contribution in [3.63, 3.8) is 0 Å². The highest BCUT2D eigenvalue weighted by Gasteiger charge is 2.12. The maximum Gasteiger partial charge on any atom is 0.411 e. The maximum atomic E-state index is 14.3. The van der Waals surface area contributed by atoms with Gasteiger partial charge in [-0.3, -0.25) is 10.00 Å². The second-order valence-corrected chi connectivity index (χ2v) is 4.27. The number of benzene rings is 1. The predicted octanol–water partition coefficient (Wildman–Crippen LogP) is 3.00. The molecule has 0 spiro atoms. The summed E-state index contributed by atoms with van der Waals surface area (Å²) in [5.74, 6) is -0.135. The van der Waals surface area contributed by atoms with Crippen molar-refractivity contribution < 1.29 is 13.9 Å². The first kappa shape index (κ1) is 15.0. The second-order valence-electron chi connectivity index (χ2n) is 4.09. The summed E-state index contributed by atoms with van der Waals surface area (Å²) in [4.78, 5) is 11.3. The second kappa shape index (κ2) is 6.89. The van der Waals surface area contributed by atoms with E-state index in [1.165, 1.54) is 10.7 Å². The van der Waals surface area contributed by atoms with Gasteiger partial charge in [0.2, 0.25) is 0 Å². The Morgan fingerprint density at radius 1 is 1.52 bits per heavy atom. The van der Waals surface area contributed by atoms with Crippen molar-refractivity contribution in [2.24, 2.45) is 4.36 Å². The Balaban J connectivity index is 2.17. The molecule has 0 unspecified atom stereocenters. The molecular formula is C13H13FN4O2S. The average molecular weight is 308 g/mol. The van der Waals surface area contributed by atoms with Crippen LogP contribution in [-0.4, -0.2) is 22.5 Å². The van der Waals surface area contributed by atoms with Gasteiger partial charge >= 0.3 is 6.09 Å². The fraction of sp³-hybridized carbons (Fsp3) is 0.231. The first-order valence-corrected chi connectivity index (χ1v) is 6.58. The molecule has 0 bridgehead atoms. The lowest BCUT2D eigenvalue weighted by atomic mass is 10.2. The quantitative estimate of drug-likeness (QED) is 0.922. The molecule has 21 heavy (non-hydrogen) atoms. The summed E-state index contributed by atoms with van der Waals surface area (Å²) in [6, 6.07) is 6.34. The van der Waals surface area contributed by atoms with Gasteiger partial charge < -0.3 is 4.74 Å². The molecule has 0 atom stereocenters. The molecule has 8 heteroatoms. The van der Waals surface area contributed by atoms with Gasteiger partial charge in [0.1, 0.15) is 0 Å². The summed E-state index contributed by atoms with van der Waals surface area (Å²) in [7, 11) is 0. The highest BCUT2D eigenvalue weighted by molar-refractivity contribution is 7.47. The Labute approximate surface area is 126 Å². The van der Waals surface area contributed by atoms with Gasteiger partial charge in [-0.15, -0.1) is 0 Å². The third kappa shape index (κ3) is 3.82. The summed E-state index contributed by atoms with van der Waals surface area (Å²) in [5, 5.41) is 6.40. The van der Waals surface area contributed by atoms with E-state index in [4.69, 9.17) is 4.74 Å². The number of carbonyl (C=O) groups is 1. The van der Waals surface area contributed by atoms with Crippen molar-refractivity contribution >= 4 is 30.0 Å². The number of nitrogens with zero attached hydrogens (tertiary/aromatic N) is 3. The molecule has 0 radical (unpaired) electrons. The van der Waals surface area contributed by atoms with E-state index in [9.17, 15) is 9.18 Å². The molecule has 1 N–H and O–H groups in total. The number of rotatable bonds is 5. The Morgan fingerprint density at radius 2 is 2.33 bits per heavy atom. The van der Waals surface area contributed by atoms with E-state index in [0.717, 1.165) is 0 Å². The van der Waals surface area contributed by atoms with Crippen LogP contribution >= 0.6 is 0 Å². The summed E-state index contributed by atoms with van der Waals surface area (Å²) in [6.45, 7) is 2.09. The molecule has 0 aliphatic carbocycles. The number of halogens is 1. The molecule has 2 rings (SSSR count). The summed E-state index contributed by atoms with van der Waals surface area (Å²) < 4.78 is 24.0. The van der Waals surface area contributed by atoms with Crippen molar-refractivity contribution in [1.82, 2.24) is 9.78 Å². The highest BCUT2D eigenvalue weighted by atomic mass is 32.1. The van der Waals surface area contributed by atoms with Crippen molar-refractivity contribution in [2.75, 3.05) is 11.9 Å². The van der Waals surface area contributed by atoms with Crippen molar-refractivity contribution in [2.45, 2.75) is 13.5 Å². The van der Waals surface area contributed by atoms with Gasteiger partial charge in [-0.2, -0.15) is 9.46 Å². The van der Waals surface area contributed by atoms with Crippen molar-refractivity contribution in [3.8, 4) is 0 Å². The van der Waals surface area contributed by atoms with Crippen LogP contribution in [0, 0.1) is 5.82 Å². The van der Waals surface area contributed by atoms with Crippen LogP contribution in [0.4, 0.5) is 20.7 Å². The molecule has 1 heterocycles. The van der Waals surface area contributed by atoms with Crippen LogP contribution in [0.5, 0.6) is 0 Å². The van der Waals surface area contributed by atoms with Gasteiger partial charge in [-0.05, 0) is 13.0 Å². The minimum Gasteiger partial charge on any atom is -0.450 e. The van der Waals surface area contributed by atoms with Crippen LogP contribution in [0.3, 0.4) is 0 Å². The number of amides is 1. The Hall–Kier alpha value is -2.35. The third-order valence-electron chi connectivity index (χ3n) is 2.64. The fourth-order valence-corrected chi connectivity index (χ4v) is 1.84. The molecule has 6 nitrogen and oxygen atoms in total. The van der Waals surface area contributed by atoms with Gasteiger partial charge in [-0.1, -0.05) is 12.1 Å². The Morgan fingerprint density at radius 3 is 3.00 bits per heavy atom. The van der Waals surface area contributed by atoms with E-state index < -0.39 is 11.9 Å². The van der Waals surface area contributed by atoms with Crippen LogP contribution in [-0.2, 0) is 23.7 Å². The molecule has 0 aliphatic heterocycles. The number of ether oxygens (including phenoxy) is 1. The van der Waals surface area contributed by atoms with E-state index in [1.54, 1.807) is 31.3 Å². The van der Waals surface area contributed by atoms with E-state index in [-0.39, 0.29) is 18.8 Å². The zero-order chi connectivity index (χ0) is 15.2. The van der Waals surface area contributed by atoms with Gasteiger partial charge in [0.15, 0.2) is 11.6 Å². The normalized spacial score (nSPS) is 10.2. The van der Waals surface area contributed by atoms with Crippen LogP contribution in [0.1, 0.15) is 12.5 Å². The molecule has 1 amide bonds. The molecule has 2 aromatic rings. The highest BCUT2D eigenvalue weighted by Crippen LogP contribution is 2.19. The van der Waals surface area contributed by atoms with Crippen LogP contribution in [0.15, 0.2) is 34.8 Å². The lowest BCUT2D eigenvalue weighted by molar-refractivity contribution is 0.168. The Kier molecular flexibility index (Phi) is 4.94. The van der Waals surface area contributed by atoms with Gasteiger partial charge in [0.05, 0.1) is 18.8 Å². The van der Waals surface area contributed by atoms with E-state index in [1.807, 2.05) is 0 Å². The molecule has 0 saturated heterocycles. The van der Waals surface area contributed by atoms with Crippen molar-refractivity contribution in [3.05, 3.63) is 41.8 Å². The largest absolute Gasteiger partial charge is 0.450 e. The van der Waals surface area contributed by atoms with Crippen molar-refractivity contribution in [1.29, 1.82) is 0 Å². The maximum absolute atomic E-state index is 14.3. The molecule has 0 aliphatic rings. The van der Waals surface area contributed by atoms with Crippen LogP contribution in [0.25, 0.3) is 0 Å².